The summed E-state index contributed by atoms with van der Waals surface area (Å²) in [4.78, 5) is 11.1. The molecule has 9 heteroatoms. The fourth-order valence-electron chi connectivity index (χ4n) is 2.67. The zero-order valence-corrected chi connectivity index (χ0v) is 18.1. The van der Waals surface area contributed by atoms with Crippen LogP contribution < -0.4 is 19.5 Å². The van der Waals surface area contributed by atoms with Crippen LogP contribution in [0.2, 0.25) is 5.02 Å². The van der Waals surface area contributed by atoms with Gasteiger partial charge in [0.05, 0.1) is 17.0 Å². The first-order valence-corrected chi connectivity index (χ1v) is 10.7. The molecule has 1 heterocycles. The molecule has 0 radical (unpaired) electrons. The molecule has 1 aliphatic rings. The maximum atomic E-state index is 11.1. The number of carbonyl (C=O) groups is 1. The van der Waals surface area contributed by atoms with Gasteiger partial charge in [0.2, 0.25) is 0 Å². The van der Waals surface area contributed by atoms with Crippen molar-refractivity contribution < 1.29 is 24.1 Å². The van der Waals surface area contributed by atoms with Crippen molar-refractivity contribution in [1.29, 1.82) is 0 Å². The fourth-order valence-corrected chi connectivity index (χ4v) is 4.58. The molecule has 1 aliphatic heterocycles. The van der Waals surface area contributed by atoms with Crippen LogP contribution in [0.25, 0.3) is 0 Å². The van der Waals surface area contributed by atoms with E-state index in [-0.39, 0.29) is 5.37 Å². The second kappa shape index (κ2) is 9.73. The van der Waals surface area contributed by atoms with Gasteiger partial charge in [-0.2, -0.15) is 0 Å². The largest absolute Gasteiger partial charge is 0.493 e. The Bertz CT molecular complexity index is 836. The number of benzene rings is 2. The van der Waals surface area contributed by atoms with Crippen LogP contribution in [0.3, 0.4) is 0 Å². The maximum Gasteiger partial charge on any atom is 0.321 e. The summed E-state index contributed by atoms with van der Waals surface area (Å²) >= 11 is 10.9. The smallest absolute Gasteiger partial charge is 0.321 e. The van der Waals surface area contributed by atoms with Crippen LogP contribution in [0.5, 0.6) is 17.2 Å². The zero-order valence-electron chi connectivity index (χ0n) is 15.0. The standard InChI is InChI=1S/C19H19BrClNO5S/c1-25-16-9-11(18-22-15(10-28-18)19(23)24)8-14(20)17(16)27-7-6-26-13-4-2-12(21)3-5-13/h2-5,8-9,15,18,22H,6-7,10H2,1H3,(H,23,24). The van der Waals surface area contributed by atoms with Crippen LogP contribution in [0.1, 0.15) is 10.9 Å². The summed E-state index contributed by atoms with van der Waals surface area (Å²) in [7, 11) is 1.57. The first kappa shape index (κ1) is 21.1. The van der Waals surface area contributed by atoms with E-state index >= 15 is 0 Å². The third-order valence-electron chi connectivity index (χ3n) is 4.05. The molecule has 6 nitrogen and oxygen atoms in total. The molecular weight excluding hydrogens is 470 g/mol. The summed E-state index contributed by atoms with van der Waals surface area (Å²) in [5, 5.41) is 12.8. The van der Waals surface area contributed by atoms with Crippen molar-refractivity contribution in [3.8, 4) is 17.2 Å². The summed E-state index contributed by atoms with van der Waals surface area (Å²) in [5.74, 6) is 1.52. The highest BCUT2D eigenvalue weighted by molar-refractivity contribution is 9.10. The average Bonchev–Trinajstić information content (AvgIpc) is 3.18. The van der Waals surface area contributed by atoms with Crippen molar-refractivity contribution in [2.75, 3.05) is 26.1 Å². The highest BCUT2D eigenvalue weighted by Gasteiger charge is 2.31. The Kier molecular flexibility index (Phi) is 7.34. The molecule has 0 saturated carbocycles. The van der Waals surface area contributed by atoms with Gasteiger partial charge < -0.3 is 19.3 Å². The van der Waals surface area contributed by atoms with E-state index in [0.29, 0.717) is 41.2 Å². The molecular formula is C19H19BrClNO5S. The van der Waals surface area contributed by atoms with E-state index in [9.17, 15) is 4.79 Å². The summed E-state index contributed by atoms with van der Waals surface area (Å²) in [6, 6.07) is 10.3. The van der Waals surface area contributed by atoms with E-state index in [1.165, 1.54) is 0 Å². The zero-order chi connectivity index (χ0) is 20.1. The predicted octanol–water partition coefficient (Wildman–Crippen LogP) is 4.36. The molecule has 2 aromatic carbocycles. The number of rotatable bonds is 8. The van der Waals surface area contributed by atoms with Gasteiger partial charge in [-0.25, -0.2) is 0 Å². The number of carboxylic acid groups (broad SMARTS) is 1. The number of carboxylic acids is 1. The van der Waals surface area contributed by atoms with Crippen LogP contribution in [0, 0.1) is 0 Å². The van der Waals surface area contributed by atoms with E-state index in [1.807, 2.05) is 12.1 Å². The van der Waals surface area contributed by atoms with Gasteiger partial charge in [0.25, 0.3) is 0 Å². The highest BCUT2D eigenvalue weighted by Crippen LogP contribution is 2.42. The topological polar surface area (TPSA) is 77.0 Å². The first-order chi connectivity index (χ1) is 13.5. The lowest BCUT2D eigenvalue weighted by Crippen LogP contribution is -2.33. The molecule has 2 aromatic rings. The third kappa shape index (κ3) is 5.26. The molecule has 150 valence electrons. The molecule has 0 amide bonds. The molecule has 0 bridgehead atoms. The molecule has 2 N–H and O–H groups in total. The van der Waals surface area contributed by atoms with Crippen LogP contribution in [-0.2, 0) is 4.79 Å². The van der Waals surface area contributed by atoms with E-state index in [0.717, 1.165) is 10.0 Å². The summed E-state index contributed by atoms with van der Waals surface area (Å²) in [6.07, 6.45) is 0. The van der Waals surface area contributed by atoms with Gasteiger partial charge in [-0.3, -0.25) is 10.1 Å². The molecule has 2 atom stereocenters. The van der Waals surface area contributed by atoms with Crippen LogP contribution in [0.15, 0.2) is 40.9 Å². The Balaban J connectivity index is 1.61. The minimum absolute atomic E-state index is 0.117. The van der Waals surface area contributed by atoms with E-state index in [1.54, 1.807) is 43.1 Å². The quantitative estimate of drug-likeness (QED) is 0.535. The average molecular weight is 489 g/mol. The molecule has 1 saturated heterocycles. The fraction of sp³-hybridized carbons (Fsp3) is 0.316. The number of hydrogen-bond donors (Lipinski definition) is 2. The van der Waals surface area contributed by atoms with E-state index in [4.69, 9.17) is 30.9 Å². The second-order valence-electron chi connectivity index (χ2n) is 5.96. The van der Waals surface area contributed by atoms with Crippen molar-refractivity contribution >= 4 is 45.3 Å². The Labute approximate surface area is 180 Å². The number of thioether (sulfide) groups is 1. The van der Waals surface area contributed by atoms with Crippen LogP contribution in [0.4, 0.5) is 0 Å². The lowest BCUT2D eigenvalue weighted by Gasteiger charge is -2.17. The SMILES string of the molecule is COc1cc(C2NC(C(=O)O)CS2)cc(Br)c1OCCOc1ccc(Cl)cc1. The van der Waals surface area contributed by atoms with Gasteiger partial charge >= 0.3 is 5.97 Å². The van der Waals surface area contributed by atoms with Gasteiger partial charge in [0.15, 0.2) is 11.5 Å². The molecule has 0 aliphatic carbocycles. The van der Waals surface area contributed by atoms with Gasteiger partial charge in [0, 0.05) is 10.8 Å². The lowest BCUT2D eigenvalue weighted by atomic mass is 10.2. The van der Waals surface area contributed by atoms with Crippen molar-refractivity contribution in [2.24, 2.45) is 0 Å². The number of halogens is 2. The minimum Gasteiger partial charge on any atom is -0.493 e. The molecule has 3 rings (SSSR count). The number of aliphatic carboxylic acids is 1. The Hall–Kier alpha value is -1.61. The normalized spacial score (nSPS) is 18.7. The van der Waals surface area contributed by atoms with E-state index in [2.05, 4.69) is 21.2 Å². The Morgan fingerprint density at radius 3 is 2.64 bits per heavy atom. The summed E-state index contributed by atoms with van der Waals surface area (Å²) < 4.78 is 17.7. The van der Waals surface area contributed by atoms with Crippen molar-refractivity contribution in [1.82, 2.24) is 5.32 Å². The minimum atomic E-state index is -0.846. The molecule has 0 spiro atoms. The van der Waals surface area contributed by atoms with Crippen LogP contribution in [-0.4, -0.2) is 43.2 Å². The number of hydrogen-bond acceptors (Lipinski definition) is 6. The van der Waals surface area contributed by atoms with E-state index < -0.39 is 12.0 Å². The highest BCUT2D eigenvalue weighted by atomic mass is 79.9. The van der Waals surface area contributed by atoms with Gasteiger partial charge in [-0.15, -0.1) is 11.8 Å². The van der Waals surface area contributed by atoms with Crippen molar-refractivity contribution in [3.05, 3.63) is 51.5 Å². The monoisotopic (exact) mass is 487 g/mol. The Morgan fingerprint density at radius 2 is 2.00 bits per heavy atom. The summed E-state index contributed by atoms with van der Waals surface area (Å²) in [6.45, 7) is 0.688. The molecule has 0 aromatic heterocycles. The third-order valence-corrected chi connectivity index (χ3v) is 6.16. The van der Waals surface area contributed by atoms with Crippen molar-refractivity contribution in [2.45, 2.75) is 11.4 Å². The van der Waals surface area contributed by atoms with Gasteiger partial charge in [-0.1, -0.05) is 11.6 Å². The first-order valence-electron chi connectivity index (χ1n) is 8.47. The lowest BCUT2D eigenvalue weighted by molar-refractivity contribution is -0.138. The van der Waals surface area contributed by atoms with Gasteiger partial charge in [0.1, 0.15) is 25.0 Å². The molecule has 2 unspecified atom stereocenters. The predicted molar refractivity (Wildman–Crippen MR) is 113 cm³/mol. The van der Waals surface area contributed by atoms with Gasteiger partial charge in [-0.05, 0) is 57.9 Å². The van der Waals surface area contributed by atoms with Crippen LogP contribution >= 0.6 is 39.3 Å². The number of ether oxygens (including phenoxy) is 3. The second-order valence-corrected chi connectivity index (χ2v) is 8.38. The van der Waals surface area contributed by atoms with Crippen molar-refractivity contribution in [3.63, 3.8) is 0 Å². The summed E-state index contributed by atoms with van der Waals surface area (Å²) in [5.41, 5.74) is 0.919. The maximum absolute atomic E-state index is 11.1. The molecule has 1 fully saturated rings. The molecule has 28 heavy (non-hydrogen) atoms. The Morgan fingerprint density at radius 1 is 1.29 bits per heavy atom. The number of nitrogens with one attached hydrogen (secondary N) is 1. The number of methoxy groups -OCH3 is 1.